The highest BCUT2D eigenvalue weighted by Gasteiger charge is 2.48. The van der Waals surface area contributed by atoms with E-state index in [1.165, 1.54) is 51.4 Å². The maximum absolute atomic E-state index is 10.1. The molecule has 3 saturated carbocycles. The van der Waals surface area contributed by atoms with Crippen molar-refractivity contribution in [2.45, 2.75) is 75.9 Å². The minimum Gasteiger partial charge on any atom is -0.394 e. The molecule has 0 aromatic heterocycles. The van der Waals surface area contributed by atoms with Crippen LogP contribution in [-0.2, 0) is 0 Å². The van der Waals surface area contributed by atoms with Gasteiger partial charge in [0.25, 0.3) is 0 Å². The second-order valence-corrected chi connectivity index (χ2v) is 7.75. The zero-order valence-corrected chi connectivity index (χ0v) is 13.3. The Morgan fingerprint density at radius 3 is 2.35 bits per heavy atom. The summed E-state index contributed by atoms with van der Waals surface area (Å²) >= 11 is 0. The fourth-order valence-electron chi connectivity index (χ4n) is 4.30. The third-order valence-electron chi connectivity index (χ3n) is 5.87. The molecule has 0 saturated heterocycles. The van der Waals surface area contributed by atoms with Gasteiger partial charge in [-0.3, -0.25) is 0 Å². The normalized spacial score (nSPS) is 34.2. The van der Waals surface area contributed by atoms with Gasteiger partial charge >= 0.3 is 0 Å². The highest BCUT2D eigenvalue weighted by atomic mass is 16.3. The Balaban J connectivity index is 1.64. The number of likely N-dealkylation sites (N-methyl/N-ethyl adjacent to an activating group) is 1. The van der Waals surface area contributed by atoms with Gasteiger partial charge in [0.15, 0.2) is 0 Å². The predicted molar refractivity (Wildman–Crippen MR) is 82.7 cm³/mol. The second kappa shape index (κ2) is 5.94. The molecule has 3 unspecified atom stereocenters. The molecule has 0 spiro atoms. The SMILES string of the molecule is CC1CCCCC1N(C)CC(CO)(NC1CC1)C1CC1. The molecule has 2 N–H and O–H groups in total. The van der Waals surface area contributed by atoms with Crippen LogP contribution < -0.4 is 5.32 Å². The predicted octanol–water partition coefficient (Wildman–Crippen LogP) is 2.39. The fourth-order valence-corrected chi connectivity index (χ4v) is 4.30. The first-order valence-electron chi connectivity index (χ1n) is 8.73. The molecular weight excluding hydrogens is 248 g/mol. The molecule has 0 heterocycles. The van der Waals surface area contributed by atoms with Crippen LogP contribution in [0.2, 0.25) is 0 Å². The maximum atomic E-state index is 10.1. The number of aliphatic hydroxyl groups is 1. The van der Waals surface area contributed by atoms with Gasteiger partial charge in [0.1, 0.15) is 0 Å². The van der Waals surface area contributed by atoms with Crippen LogP contribution in [0.4, 0.5) is 0 Å². The number of hydrogen-bond donors (Lipinski definition) is 2. The van der Waals surface area contributed by atoms with Gasteiger partial charge in [-0.05, 0) is 57.4 Å². The van der Waals surface area contributed by atoms with Gasteiger partial charge in [-0.15, -0.1) is 0 Å². The number of aliphatic hydroxyl groups excluding tert-OH is 1. The van der Waals surface area contributed by atoms with Crippen molar-refractivity contribution in [3.63, 3.8) is 0 Å². The van der Waals surface area contributed by atoms with Gasteiger partial charge in [-0.2, -0.15) is 0 Å². The standard InChI is InChI=1S/C17H32N2O/c1-13-5-3-4-6-16(13)19(2)11-17(12-20,14-7-8-14)18-15-9-10-15/h13-16,18,20H,3-12H2,1-2H3. The van der Waals surface area contributed by atoms with E-state index in [9.17, 15) is 5.11 Å². The molecule has 3 rings (SSSR count). The van der Waals surface area contributed by atoms with Crippen LogP contribution in [0.5, 0.6) is 0 Å². The first-order valence-corrected chi connectivity index (χ1v) is 8.73. The van der Waals surface area contributed by atoms with E-state index in [0.717, 1.165) is 18.5 Å². The van der Waals surface area contributed by atoms with Crippen molar-refractivity contribution in [3.05, 3.63) is 0 Å². The maximum Gasteiger partial charge on any atom is 0.0628 e. The van der Waals surface area contributed by atoms with Crippen molar-refractivity contribution in [3.8, 4) is 0 Å². The molecule has 3 atom stereocenters. The van der Waals surface area contributed by atoms with Crippen LogP contribution in [0.1, 0.15) is 58.3 Å². The van der Waals surface area contributed by atoms with Crippen LogP contribution >= 0.6 is 0 Å². The van der Waals surface area contributed by atoms with E-state index < -0.39 is 0 Å². The van der Waals surface area contributed by atoms with Crippen molar-refractivity contribution in [1.29, 1.82) is 0 Å². The minimum atomic E-state index is -0.0208. The lowest BCUT2D eigenvalue weighted by Gasteiger charge is -2.43. The molecule has 0 aromatic rings. The molecule has 20 heavy (non-hydrogen) atoms. The number of nitrogens with zero attached hydrogens (tertiary/aromatic N) is 1. The van der Waals surface area contributed by atoms with Crippen molar-refractivity contribution in [2.75, 3.05) is 20.2 Å². The van der Waals surface area contributed by atoms with Gasteiger partial charge in [-0.25, -0.2) is 0 Å². The van der Waals surface area contributed by atoms with Crippen molar-refractivity contribution in [1.82, 2.24) is 10.2 Å². The molecular formula is C17H32N2O. The molecule has 3 nitrogen and oxygen atoms in total. The fraction of sp³-hybridized carbons (Fsp3) is 1.00. The van der Waals surface area contributed by atoms with Crippen LogP contribution in [0.15, 0.2) is 0 Å². The summed E-state index contributed by atoms with van der Waals surface area (Å²) in [5.74, 6) is 1.51. The molecule has 3 fully saturated rings. The Bertz CT molecular complexity index is 327. The topological polar surface area (TPSA) is 35.5 Å². The molecule has 0 radical (unpaired) electrons. The highest BCUT2D eigenvalue weighted by Crippen LogP contribution is 2.42. The van der Waals surface area contributed by atoms with Gasteiger partial charge in [-0.1, -0.05) is 19.8 Å². The lowest BCUT2D eigenvalue weighted by atomic mass is 9.83. The van der Waals surface area contributed by atoms with Crippen LogP contribution in [-0.4, -0.2) is 47.8 Å². The quantitative estimate of drug-likeness (QED) is 0.751. The molecule has 0 bridgehead atoms. The average molecular weight is 280 g/mol. The molecule has 3 aliphatic rings. The van der Waals surface area contributed by atoms with E-state index in [0.29, 0.717) is 18.6 Å². The summed E-state index contributed by atoms with van der Waals surface area (Å²) < 4.78 is 0. The summed E-state index contributed by atoms with van der Waals surface area (Å²) in [6.07, 6.45) is 10.7. The van der Waals surface area contributed by atoms with Crippen LogP contribution in [0.3, 0.4) is 0 Å². The van der Waals surface area contributed by atoms with E-state index in [4.69, 9.17) is 0 Å². The van der Waals surface area contributed by atoms with Gasteiger partial charge in [0, 0.05) is 18.6 Å². The van der Waals surface area contributed by atoms with Crippen molar-refractivity contribution in [2.24, 2.45) is 11.8 Å². The Kier molecular flexibility index (Phi) is 4.40. The third kappa shape index (κ3) is 3.20. The number of nitrogens with one attached hydrogen (secondary N) is 1. The monoisotopic (exact) mass is 280 g/mol. The summed E-state index contributed by atoms with van der Waals surface area (Å²) in [4.78, 5) is 2.56. The van der Waals surface area contributed by atoms with E-state index >= 15 is 0 Å². The van der Waals surface area contributed by atoms with E-state index in [1.807, 2.05) is 0 Å². The van der Waals surface area contributed by atoms with Gasteiger partial charge < -0.3 is 15.3 Å². The minimum absolute atomic E-state index is 0.0208. The second-order valence-electron chi connectivity index (χ2n) is 7.75. The van der Waals surface area contributed by atoms with Crippen molar-refractivity contribution < 1.29 is 5.11 Å². The first-order chi connectivity index (χ1) is 9.64. The Morgan fingerprint density at radius 1 is 1.10 bits per heavy atom. The van der Waals surface area contributed by atoms with E-state index in [-0.39, 0.29) is 5.54 Å². The number of hydrogen-bond acceptors (Lipinski definition) is 3. The molecule has 3 heteroatoms. The Hall–Kier alpha value is -0.120. The first kappa shape index (κ1) is 14.8. The van der Waals surface area contributed by atoms with Gasteiger partial charge in [0.2, 0.25) is 0 Å². The number of rotatable bonds is 7. The lowest BCUT2D eigenvalue weighted by Crippen LogP contribution is -2.60. The van der Waals surface area contributed by atoms with Crippen molar-refractivity contribution >= 4 is 0 Å². The Labute approximate surface area is 124 Å². The lowest BCUT2D eigenvalue weighted by molar-refractivity contribution is 0.0568. The highest BCUT2D eigenvalue weighted by molar-refractivity contribution is 5.06. The zero-order chi connectivity index (χ0) is 14.2. The van der Waals surface area contributed by atoms with E-state index in [2.05, 4.69) is 24.2 Å². The molecule has 0 aromatic carbocycles. The van der Waals surface area contributed by atoms with Crippen LogP contribution in [0.25, 0.3) is 0 Å². The summed E-state index contributed by atoms with van der Waals surface area (Å²) in [5.41, 5.74) is -0.0208. The zero-order valence-electron chi connectivity index (χ0n) is 13.3. The molecule has 3 aliphatic carbocycles. The molecule has 116 valence electrons. The summed E-state index contributed by atoms with van der Waals surface area (Å²) in [7, 11) is 2.29. The van der Waals surface area contributed by atoms with Crippen LogP contribution in [0, 0.1) is 11.8 Å². The average Bonchev–Trinajstić information content (AvgIpc) is 3.30. The summed E-state index contributed by atoms with van der Waals surface area (Å²) in [6, 6.07) is 1.40. The van der Waals surface area contributed by atoms with E-state index in [1.54, 1.807) is 0 Å². The smallest absolute Gasteiger partial charge is 0.0628 e. The Morgan fingerprint density at radius 2 is 1.80 bits per heavy atom. The summed E-state index contributed by atoms with van der Waals surface area (Å²) in [5, 5.41) is 13.9. The molecule has 0 aliphatic heterocycles. The largest absolute Gasteiger partial charge is 0.394 e. The summed E-state index contributed by atoms with van der Waals surface area (Å²) in [6.45, 7) is 3.74. The van der Waals surface area contributed by atoms with Gasteiger partial charge in [0.05, 0.1) is 12.1 Å². The third-order valence-corrected chi connectivity index (χ3v) is 5.87. The molecule has 0 amide bonds.